The van der Waals surface area contributed by atoms with Gasteiger partial charge in [-0.25, -0.2) is 15.0 Å². The predicted molar refractivity (Wildman–Crippen MR) is 258 cm³/mol. The van der Waals surface area contributed by atoms with E-state index in [0.29, 0.717) is 17.5 Å². The molecule has 0 aliphatic carbocycles. The fourth-order valence-corrected chi connectivity index (χ4v) is 10.1. The molecule has 12 rings (SSSR count). The number of hydrogen-bond acceptors (Lipinski definition) is 4. The minimum Gasteiger partial charge on any atom is -0.208 e. The zero-order valence-corrected chi connectivity index (χ0v) is 33.8. The first-order valence-electron chi connectivity index (χ1n) is 20.6. The molecule has 0 aliphatic rings. The lowest BCUT2D eigenvalue weighted by atomic mass is 9.96. The third-order valence-corrected chi connectivity index (χ3v) is 13.1. The van der Waals surface area contributed by atoms with Crippen molar-refractivity contribution in [2.75, 3.05) is 0 Å². The summed E-state index contributed by atoms with van der Waals surface area (Å²) in [6.45, 7) is 0. The van der Waals surface area contributed by atoms with Gasteiger partial charge >= 0.3 is 0 Å². The summed E-state index contributed by atoms with van der Waals surface area (Å²) in [5.41, 5.74) is 10.1. The van der Waals surface area contributed by atoms with Gasteiger partial charge < -0.3 is 0 Å². The molecule has 0 spiro atoms. The summed E-state index contributed by atoms with van der Waals surface area (Å²) in [4.78, 5) is 15.6. The van der Waals surface area contributed by atoms with Crippen LogP contribution in [-0.2, 0) is 0 Å². The molecule has 2 aromatic heterocycles. The molecule has 0 radical (unpaired) electrons. The quantitative estimate of drug-likeness (QED) is 0.168. The first-order chi connectivity index (χ1) is 30.2. The Kier molecular flexibility index (Phi) is 8.36. The van der Waals surface area contributed by atoms with Crippen molar-refractivity contribution in [1.82, 2.24) is 15.0 Å². The lowest BCUT2D eigenvalue weighted by molar-refractivity contribution is 1.08. The summed E-state index contributed by atoms with van der Waals surface area (Å²) in [7, 11) is 0. The lowest BCUT2D eigenvalue weighted by Gasteiger charge is -2.12. The average molecular weight is 794 g/mol. The highest BCUT2D eigenvalue weighted by molar-refractivity contribution is 7.26. The van der Waals surface area contributed by atoms with Crippen LogP contribution in [0.15, 0.2) is 212 Å². The molecule has 0 N–H and O–H groups in total. The van der Waals surface area contributed by atoms with E-state index in [-0.39, 0.29) is 0 Å². The van der Waals surface area contributed by atoms with Gasteiger partial charge in [-0.05, 0) is 83.9 Å². The fourth-order valence-electron chi connectivity index (χ4n) is 8.81. The van der Waals surface area contributed by atoms with Gasteiger partial charge in [-0.15, -0.1) is 11.3 Å². The van der Waals surface area contributed by atoms with E-state index < -0.39 is 0 Å². The zero-order valence-electron chi connectivity index (χ0n) is 33.0. The van der Waals surface area contributed by atoms with Gasteiger partial charge in [-0.3, -0.25) is 0 Å². The SMILES string of the molecule is c1ccc(-c2ccc(-c3nc(-c4ccc5ccccc5c4)nc(-c4cccc5c4ccc4sc6c(-c7ccc(-c8ccc9ccccc9c8)cc7)cccc6c45)n3)cc2)cc1. The molecule has 0 saturated heterocycles. The summed E-state index contributed by atoms with van der Waals surface area (Å²) in [6.07, 6.45) is 0. The molecular weight excluding hydrogens is 759 g/mol. The van der Waals surface area contributed by atoms with Crippen molar-refractivity contribution in [1.29, 1.82) is 0 Å². The van der Waals surface area contributed by atoms with E-state index in [4.69, 9.17) is 15.0 Å². The van der Waals surface area contributed by atoms with Gasteiger partial charge in [0.25, 0.3) is 0 Å². The largest absolute Gasteiger partial charge is 0.208 e. The second-order valence-corrected chi connectivity index (χ2v) is 16.6. The maximum atomic E-state index is 5.23. The van der Waals surface area contributed by atoms with Crippen molar-refractivity contribution >= 4 is 63.8 Å². The van der Waals surface area contributed by atoms with Crippen molar-refractivity contribution < 1.29 is 0 Å². The molecule has 3 nitrogen and oxygen atoms in total. The number of rotatable bonds is 6. The van der Waals surface area contributed by atoms with Crippen molar-refractivity contribution in [2.45, 2.75) is 0 Å². The Morgan fingerprint density at radius 1 is 0.279 bits per heavy atom. The van der Waals surface area contributed by atoms with Crippen LogP contribution >= 0.6 is 11.3 Å². The summed E-state index contributed by atoms with van der Waals surface area (Å²) < 4.78 is 2.54. The first-order valence-corrected chi connectivity index (χ1v) is 21.4. The Labute approximate surface area is 356 Å². The average Bonchev–Trinajstić information content (AvgIpc) is 3.73. The Morgan fingerprint density at radius 2 is 0.787 bits per heavy atom. The van der Waals surface area contributed by atoms with E-state index in [0.717, 1.165) is 33.0 Å². The standard InChI is InChI=1S/C57H35N3S/c1-2-10-36(11-3-1)39-22-28-42(29-23-39)55-58-56(46-31-25-38-13-5-7-15-44(38)35-46)60-57(59-55)50-18-9-17-49-48(50)32-33-52-53(49)51-19-8-16-47(54(51)61-52)41-26-20-40(21-27-41)45-30-24-37-12-4-6-14-43(37)34-45/h1-35H. The van der Waals surface area contributed by atoms with E-state index in [1.807, 2.05) is 17.4 Å². The Balaban J connectivity index is 0.977. The fraction of sp³-hybridized carbons (Fsp3) is 0. The molecule has 10 aromatic carbocycles. The molecule has 4 heteroatoms. The van der Waals surface area contributed by atoms with Gasteiger partial charge in [0.1, 0.15) is 0 Å². The Morgan fingerprint density at radius 3 is 1.51 bits per heavy atom. The van der Waals surface area contributed by atoms with Crippen LogP contribution in [0.4, 0.5) is 0 Å². The second kappa shape index (κ2) is 14.5. The topological polar surface area (TPSA) is 38.7 Å². The molecule has 0 aliphatic heterocycles. The maximum Gasteiger partial charge on any atom is 0.164 e. The van der Waals surface area contributed by atoms with Crippen molar-refractivity contribution in [2.24, 2.45) is 0 Å². The Bertz CT molecular complexity index is 3630. The number of hydrogen-bond donors (Lipinski definition) is 0. The summed E-state index contributed by atoms with van der Waals surface area (Å²) >= 11 is 1.86. The highest BCUT2D eigenvalue weighted by Gasteiger charge is 2.18. The van der Waals surface area contributed by atoms with Crippen LogP contribution in [0.25, 0.3) is 120 Å². The van der Waals surface area contributed by atoms with E-state index in [2.05, 4.69) is 206 Å². The monoisotopic (exact) mass is 793 g/mol. The van der Waals surface area contributed by atoms with Gasteiger partial charge in [-0.1, -0.05) is 194 Å². The highest BCUT2D eigenvalue weighted by atomic mass is 32.1. The number of thiophene rings is 1. The third-order valence-electron chi connectivity index (χ3n) is 11.9. The van der Waals surface area contributed by atoms with Gasteiger partial charge in [-0.2, -0.15) is 0 Å². The predicted octanol–water partition coefficient (Wildman–Crippen LogP) is 15.7. The van der Waals surface area contributed by atoms with Gasteiger partial charge in [0, 0.05) is 36.9 Å². The normalized spacial score (nSPS) is 11.6. The smallest absolute Gasteiger partial charge is 0.164 e. The van der Waals surface area contributed by atoms with Crippen LogP contribution < -0.4 is 0 Å². The molecular formula is C57H35N3S. The van der Waals surface area contributed by atoms with Crippen LogP contribution in [0.3, 0.4) is 0 Å². The van der Waals surface area contributed by atoms with E-state index in [9.17, 15) is 0 Å². The van der Waals surface area contributed by atoms with Crippen LogP contribution in [0, 0.1) is 0 Å². The number of fused-ring (bicyclic) bond motifs is 7. The maximum absolute atomic E-state index is 5.23. The molecule has 284 valence electrons. The van der Waals surface area contributed by atoms with Crippen molar-refractivity contribution in [3.63, 3.8) is 0 Å². The lowest BCUT2D eigenvalue weighted by Crippen LogP contribution is -2.00. The molecule has 0 unspecified atom stereocenters. The molecule has 0 saturated carbocycles. The van der Waals surface area contributed by atoms with Gasteiger partial charge in [0.2, 0.25) is 0 Å². The number of nitrogens with zero attached hydrogens (tertiary/aromatic N) is 3. The molecule has 0 amide bonds. The van der Waals surface area contributed by atoms with E-state index >= 15 is 0 Å². The van der Waals surface area contributed by atoms with Crippen LogP contribution in [0.1, 0.15) is 0 Å². The van der Waals surface area contributed by atoms with Gasteiger partial charge in [0.15, 0.2) is 17.5 Å². The molecule has 0 bridgehead atoms. The van der Waals surface area contributed by atoms with Crippen LogP contribution in [-0.4, -0.2) is 15.0 Å². The molecule has 0 atom stereocenters. The minimum absolute atomic E-state index is 0.642. The number of benzene rings is 10. The van der Waals surface area contributed by atoms with E-state index in [1.54, 1.807) is 0 Å². The summed E-state index contributed by atoms with van der Waals surface area (Å²) in [5, 5.41) is 9.65. The minimum atomic E-state index is 0.642. The van der Waals surface area contributed by atoms with Gasteiger partial charge in [0.05, 0.1) is 0 Å². The number of aromatic nitrogens is 3. The van der Waals surface area contributed by atoms with Crippen LogP contribution in [0.2, 0.25) is 0 Å². The van der Waals surface area contributed by atoms with E-state index in [1.165, 1.54) is 69.5 Å². The molecule has 0 fully saturated rings. The zero-order chi connectivity index (χ0) is 40.3. The summed E-state index contributed by atoms with van der Waals surface area (Å²) in [5.74, 6) is 1.94. The Hall–Kier alpha value is -7.79. The highest BCUT2D eigenvalue weighted by Crippen LogP contribution is 2.44. The molecule has 61 heavy (non-hydrogen) atoms. The van der Waals surface area contributed by atoms with Crippen molar-refractivity contribution in [3.05, 3.63) is 212 Å². The summed E-state index contributed by atoms with van der Waals surface area (Å²) in [6, 6.07) is 75.8. The van der Waals surface area contributed by atoms with Crippen molar-refractivity contribution in [3.8, 4) is 67.5 Å². The van der Waals surface area contributed by atoms with Crippen LogP contribution in [0.5, 0.6) is 0 Å². The first kappa shape index (κ1) is 35.2. The molecule has 2 heterocycles. The third kappa shape index (κ3) is 6.24. The second-order valence-electron chi connectivity index (χ2n) is 15.6. The molecule has 12 aromatic rings.